The quantitative estimate of drug-likeness (QED) is 0.437. The smallest absolute Gasteiger partial charge is 0.387 e. The number of aromatic nitrogens is 1. The highest BCUT2D eigenvalue weighted by molar-refractivity contribution is 7.07. The fraction of sp³-hybridized carbons (Fsp3) is 0.286. The van der Waals surface area contributed by atoms with E-state index in [0.717, 1.165) is 11.3 Å². The molecule has 0 saturated carbocycles. The van der Waals surface area contributed by atoms with Crippen molar-refractivity contribution in [3.8, 4) is 11.8 Å². The number of ether oxygens (including phenoxy) is 2. The van der Waals surface area contributed by atoms with E-state index < -0.39 is 18.1 Å². The van der Waals surface area contributed by atoms with Crippen molar-refractivity contribution < 1.29 is 23.0 Å². The topological polar surface area (TPSA) is 93.4 Å². The SMILES string of the molecule is C=CCn1c(=O)/c(=C/c2ccccc2OC(F)F)s/c1=C(\C#N)C(=O)NCCCOC. The van der Waals surface area contributed by atoms with E-state index in [1.165, 1.54) is 42.0 Å². The predicted octanol–water partition coefficient (Wildman–Crippen LogP) is 1.35. The molecule has 0 fully saturated rings. The van der Waals surface area contributed by atoms with Gasteiger partial charge in [0, 0.05) is 32.4 Å². The summed E-state index contributed by atoms with van der Waals surface area (Å²) in [5.74, 6) is -0.715. The first-order valence-electron chi connectivity index (χ1n) is 9.20. The molecule has 0 aliphatic rings. The summed E-state index contributed by atoms with van der Waals surface area (Å²) >= 11 is 0.912. The minimum Gasteiger partial charge on any atom is -0.434 e. The molecular formula is C21H21F2N3O4S. The second kappa shape index (κ2) is 11.8. The molecule has 2 rings (SSSR count). The Morgan fingerprint density at radius 1 is 1.42 bits per heavy atom. The molecule has 1 amide bonds. The molecule has 0 radical (unpaired) electrons. The number of allylic oxidation sites excluding steroid dienone is 1. The van der Waals surface area contributed by atoms with Crippen LogP contribution in [-0.2, 0) is 16.1 Å². The van der Waals surface area contributed by atoms with E-state index in [1.54, 1.807) is 6.07 Å². The Kier molecular flexibility index (Phi) is 9.12. The van der Waals surface area contributed by atoms with Crippen molar-refractivity contribution in [1.29, 1.82) is 5.26 Å². The number of carbonyl (C=O) groups excluding carboxylic acids is 1. The fourth-order valence-electron chi connectivity index (χ4n) is 2.65. The molecule has 0 bridgehead atoms. The van der Waals surface area contributed by atoms with Crippen LogP contribution in [0, 0.1) is 11.3 Å². The van der Waals surface area contributed by atoms with Gasteiger partial charge in [-0.25, -0.2) is 0 Å². The number of benzene rings is 1. The van der Waals surface area contributed by atoms with Crippen LogP contribution in [0.2, 0.25) is 0 Å². The van der Waals surface area contributed by atoms with Gasteiger partial charge in [0.1, 0.15) is 16.5 Å². The summed E-state index contributed by atoms with van der Waals surface area (Å²) < 4.78 is 36.3. The summed E-state index contributed by atoms with van der Waals surface area (Å²) in [6.07, 6.45) is 3.41. The van der Waals surface area contributed by atoms with E-state index in [-0.39, 0.29) is 32.6 Å². The molecule has 2 aromatic rings. The maximum absolute atomic E-state index is 12.9. The zero-order valence-electron chi connectivity index (χ0n) is 16.8. The molecule has 0 aliphatic heterocycles. The number of methoxy groups -OCH3 is 1. The highest BCUT2D eigenvalue weighted by Crippen LogP contribution is 2.20. The fourth-order valence-corrected chi connectivity index (χ4v) is 3.75. The molecule has 0 unspecified atom stereocenters. The summed E-state index contributed by atoms with van der Waals surface area (Å²) in [7, 11) is 1.54. The monoisotopic (exact) mass is 449 g/mol. The van der Waals surface area contributed by atoms with Gasteiger partial charge in [0.15, 0.2) is 5.57 Å². The molecule has 164 valence electrons. The lowest BCUT2D eigenvalue weighted by atomic mass is 10.2. The van der Waals surface area contributed by atoms with Crippen molar-refractivity contribution in [2.75, 3.05) is 20.3 Å². The number of halogens is 2. The second-order valence-corrected chi connectivity index (χ2v) is 7.16. The van der Waals surface area contributed by atoms with Crippen LogP contribution >= 0.6 is 11.3 Å². The first-order chi connectivity index (χ1) is 14.9. The van der Waals surface area contributed by atoms with Gasteiger partial charge in [-0.2, -0.15) is 14.0 Å². The Bertz CT molecular complexity index is 1150. The Balaban J connectivity index is 2.61. The summed E-state index contributed by atoms with van der Waals surface area (Å²) in [6.45, 7) is 1.39. The van der Waals surface area contributed by atoms with Crippen LogP contribution in [0.15, 0.2) is 41.7 Å². The maximum atomic E-state index is 12.9. The number of nitrogens with one attached hydrogen (secondary N) is 1. The van der Waals surface area contributed by atoms with Gasteiger partial charge in [-0.3, -0.25) is 14.2 Å². The number of nitriles is 1. The number of hydrogen-bond donors (Lipinski definition) is 1. The first kappa shape index (κ1) is 24.0. The van der Waals surface area contributed by atoms with E-state index in [9.17, 15) is 23.6 Å². The van der Waals surface area contributed by atoms with Crippen molar-refractivity contribution in [1.82, 2.24) is 9.88 Å². The maximum Gasteiger partial charge on any atom is 0.387 e. The van der Waals surface area contributed by atoms with E-state index in [1.807, 2.05) is 6.07 Å². The van der Waals surface area contributed by atoms with Crippen molar-refractivity contribution in [2.45, 2.75) is 19.6 Å². The Labute approximate surface area is 181 Å². The van der Waals surface area contributed by atoms with Crippen LogP contribution in [0.5, 0.6) is 5.75 Å². The molecule has 0 spiro atoms. The summed E-state index contributed by atoms with van der Waals surface area (Å²) in [4.78, 5) is 25.4. The van der Waals surface area contributed by atoms with Crippen LogP contribution in [0.3, 0.4) is 0 Å². The minimum atomic E-state index is -3.02. The third kappa shape index (κ3) is 6.34. The number of amides is 1. The van der Waals surface area contributed by atoms with Gasteiger partial charge in [-0.15, -0.1) is 17.9 Å². The van der Waals surface area contributed by atoms with Gasteiger partial charge in [0.2, 0.25) is 0 Å². The average molecular weight is 449 g/mol. The Hall–Kier alpha value is -3.29. The van der Waals surface area contributed by atoms with Gasteiger partial charge in [-0.05, 0) is 18.6 Å². The predicted molar refractivity (Wildman–Crippen MR) is 113 cm³/mol. The number of thiazole rings is 1. The lowest BCUT2D eigenvalue weighted by molar-refractivity contribution is -0.115. The van der Waals surface area contributed by atoms with E-state index in [2.05, 4.69) is 16.6 Å². The van der Waals surface area contributed by atoms with Gasteiger partial charge >= 0.3 is 6.61 Å². The van der Waals surface area contributed by atoms with Crippen LogP contribution in [-0.4, -0.2) is 37.3 Å². The minimum absolute atomic E-state index is 0.0653. The number of para-hydroxylation sites is 1. The first-order valence-corrected chi connectivity index (χ1v) is 10.0. The van der Waals surface area contributed by atoms with E-state index >= 15 is 0 Å². The molecule has 1 aromatic carbocycles. The largest absolute Gasteiger partial charge is 0.434 e. The summed E-state index contributed by atoms with van der Waals surface area (Å²) in [5.41, 5.74) is -0.439. The zero-order valence-corrected chi connectivity index (χ0v) is 17.6. The number of nitrogens with zero attached hydrogens (tertiary/aromatic N) is 2. The molecule has 31 heavy (non-hydrogen) atoms. The highest BCUT2D eigenvalue weighted by Gasteiger charge is 2.16. The molecule has 0 aliphatic carbocycles. The number of rotatable bonds is 10. The number of alkyl halides is 2. The van der Waals surface area contributed by atoms with Crippen LogP contribution in [0.25, 0.3) is 11.6 Å². The molecule has 10 heteroatoms. The molecule has 1 heterocycles. The lowest BCUT2D eigenvalue weighted by Crippen LogP contribution is -2.35. The summed E-state index contributed by atoms with van der Waals surface area (Å²) in [5, 5.41) is 12.2. The summed E-state index contributed by atoms with van der Waals surface area (Å²) in [6, 6.07) is 7.87. The molecule has 0 saturated heterocycles. The second-order valence-electron chi connectivity index (χ2n) is 6.13. The lowest BCUT2D eigenvalue weighted by Gasteiger charge is -2.06. The Morgan fingerprint density at radius 3 is 2.81 bits per heavy atom. The van der Waals surface area contributed by atoms with Crippen molar-refractivity contribution in [3.63, 3.8) is 0 Å². The van der Waals surface area contributed by atoms with Crippen molar-refractivity contribution >= 4 is 28.9 Å². The van der Waals surface area contributed by atoms with Gasteiger partial charge in [0.05, 0.1) is 4.53 Å². The molecule has 0 atom stereocenters. The third-order valence-electron chi connectivity index (χ3n) is 4.00. The van der Waals surface area contributed by atoms with Gasteiger partial charge < -0.3 is 14.8 Å². The molecular weight excluding hydrogens is 428 g/mol. The standard InChI is InChI=1S/C21H21F2N3O4S/c1-3-10-26-19(28)17(12-14-7-4-5-8-16(14)30-21(22)23)31-20(26)15(13-24)18(27)25-9-6-11-29-2/h3-5,7-8,12,21H,1,6,9-11H2,2H3,(H,25,27)/b17-12-,20-15+. The molecule has 1 aromatic heterocycles. The van der Waals surface area contributed by atoms with Gasteiger partial charge in [0.25, 0.3) is 11.5 Å². The van der Waals surface area contributed by atoms with Crippen LogP contribution in [0.4, 0.5) is 8.78 Å². The van der Waals surface area contributed by atoms with Gasteiger partial charge in [-0.1, -0.05) is 24.3 Å². The number of carbonyl (C=O) groups is 1. The number of hydrogen-bond acceptors (Lipinski definition) is 6. The van der Waals surface area contributed by atoms with E-state index in [4.69, 9.17) is 4.74 Å². The molecule has 7 nitrogen and oxygen atoms in total. The third-order valence-corrected chi connectivity index (χ3v) is 5.13. The van der Waals surface area contributed by atoms with Crippen LogP contribution in [0.1, 0.15) is 12.0 Å². The zero-order chi connectivity index (χ0) is 22.8. The van der Waals surface area contributed by atoms with Crippen molar-refractivity contribution in [2.24, 2.45) is 0 Å². The van der Waals surface area contributed by atoms with Crippen LogP contribution < -0.4 is 24.8 Å². The highest BCUT2D eigenvalue weighted by atomic mass is 32.1. The average Bonchev–Trinajstić information content (AvgIpc) is 3.03. The van der Waals surface area contributed by atoms with Crippen molar-refractivity contribution in [3.05, 3.63) is 62.0 Å². The molecule has 1 N–H and O–H groups in total. The van der Waals surface area contributed by atoms with E-state index in [0.29, 0.717) is 19.6 Å². The normalized spacial score (nSPS) is 12.4. The Morgan fingerprint density at radius 2 is 2.16 bits per heavy atom.